The van der Waals surface area contributed by atoms with Gasteiger partial charge in [0, 0.05) is 24.0 Å². The lowest BCUT2D eigenvalue weighted by Gasteiger charge is -2.18. The second-order valence-corrected chi connectivity index (χ2v) is 5.20. The number of nitrogens with zero attached hydrogens (tertiary/aromatic N) is 3. The molecule has 0 aliphatic heterocycles. The first-order valence-electron chi connectivity index (χ1n) is 7.10. The predicted molar refractivity (Wildman–Crippen MR) is 81.9 cm³/mol. The lowest BCUT2D eigenvalue weighted by Crippen LogP contribution is -2.24. The standard InChI is InChI=1S/C15H21ClN4/c1-3-9-20-15(18-11-19-20)10-14(17-4-2)12-5-7-13(16)8-6-12/h5-8,11,14,17H,3-4,9-10H2,1-2H3. The first-order valence-corrected chi connectivity index (χ1v) is 7.48. The van der Waals surface area contributed by atoms with E-state index in [0.717, 1.165) is 36.8 Å². The van der Waals surface area contributed by atoms with Crippen molar-refractivity contribution in [2.45, 2.75) is 39.3 Å². The summed E-state index contributed by atoms with van der Waals surface area (Å²) in [5.74, 6) is 1.02. The molecule has 1 aromatic carbocycles. The molecule has 1 heterocycles. The molecular weight excluding hydrogens is 272 g/mol. The topological polar surface area (TPSA) is 42.7 Å². The largest absolute Gasteiger partial charge is 0.310 e. The van der Waals surface area contributed by atoms with Gasteiger partial charge in [0.25, 0.3) is 0 Å². The van der Waals surface area contributed by atoms with Gasteiger partial charge in [-0.15, -0.1) is 0 Å². The molecule has 0 fully saturated rings. The molecule has 0 radical (unpaired) electrons. The average Bonchev–Trinajstić information content (AvgIpc) is 2.87. The second-order valence-electron chi connectivity index (χ2n) is 4.77. The number of likely N-dealkylation sites (N-methyl/N-ethyl adjacent to an activating group) is 1. The third-order valence-corrected chi connectivity index (χ3v) is 3.49. The van der Waals surface area contributed by atoms with Gasteiger partial charge in [0.15, 0.2) is 0 Å². The molecule has 0 spiro atoms. The Morgan fingerprint density at radius 3 is 2.65 bits per heavy atom. The zero-order valence-electron chi connectivity index (χ0n) is 12.0. The third-order valence-electron chi connectivity index (χ3n) is 3.24. The maximum Gasteiger partial charge on any atom is 0.138 e. The van der Waals surface area contributed by atoms with E-state index in [1.807, 2.05) is 16.8 Å². The number of aromatic nitrogens is 3. The van der Waals surface area contributed by atoms with E-state index in [2.05, 4.69) is 41.4 Å². The first-order chi connectivity index (χ1) is 9.74. The van der Waals surface area contributed by atoms with Gasteiger partial charge < -0.3 is 5.32 Å². The maximum absolute atomic E-state index is 5.96. The summed E-state index contributed by atoms with van der Waals surface area (Å²) >= 11 is 5.96. The van der Waals surface area contributed by atoms with Crippen LogP contribution in [0, 0.1) is 0 Å². The van der Waals surface area contributed by atoms with Crippen LogP contribution in [0.15, 0.2) is 30.6 Å². The van der Waals surface area contributed by atoms with Gasteiger partial charge in [-0.3, -0.25) is 4.68 Å². The lowest BCUT2D eigenvalue weighted by molar-refractivity contribution is 0.499. The summed E-state index contributed by atoms with van der Waals surface area (Å²) in [4.78, 5) is 4.39. The SMILES string of the molecule is CCCn1ncnc1CC(NCC)c1ccc(Cl)cc1. The molecule has 0 saturated carbocycles. The highest BCUT2D eigenvalue weighted by Crippen LogP contribution is 2.20. The molecule has 5 heteroatoms. The molecule has 0 amide bonds. The van der Waals surface area contributed by atoms with Crippen molar-refractivity contribution in [3.05, 3.63) is 47.0 Å². The molecule has 1 unspecified atom stereocenters. The van der Waals surface area contributed by atoms with Crippen molar-refractivity contribution in [2.75, 3.05) is 6.54 Å². The Hall–Kier alpha value is -1.39. The maximum atomic E-state index is 5.96. The molecule has 108 valence electrons. The summed E-state index contributed by atoms with van der Waals surface area (Å²) in [5, 5.41) is 8.55. The Labute approximate surface area is 125 Å². The molecule has 4 nitrogen and oxygen atoms in total. The van der Waals surface area contributed by atoms with Crippen molar-refractivity contribution < 1.29 is 0 Å². The fourth-order valence-corrected chi connectivity index (χ4v) is 2.40. The van der Waals surface area contributed by atoms with Crippen LogP contribution in [0.5, 0.6) is 0 Å². The molecule has 0 aliphatic carbocycles. The van der Waals surface area contributed by atoms with E-state index in [1.165, 1.54) is 5.56 Å². The Bertz CT molecular complexity index is 521. The van der Waals surface area contributed by atoms with Gasteiger partial charge in [-0.25, -0.2) is 4.98 Å². The normalized spacial score (nSPS) is 12.6. The van der Waals surface area contributed by atoms with Crippen LogP contribution in [0.1, 0.15) is 37.7 Å². The number of rotatable bonds is 7. The van der Waals surface area contributed by atoms with Crippen LogP contribution in [0.25, 0.3) is 0 Å². The number of hydrogen-bond donors (Lipinski definition) is 1. The lowest BCUT2D eigenvalue weighted by atomic mass is 10.0. The van der Waals surface area contributed by atoms with Crippen LogP contribution >= 0.6 is 11.6 Å². The highest BCUT2D eigenvalue weighted by molar-refractivity contribution is 6.30. The van der Waals surface area contributed by atoms with Crippen LogP contribution in [0.4, 0.5) is 0 Å². The molecule has 1 N–H and O–H groups in total. The highest BCUT2D eigenvalue weighted by Gasteiger charge is 2.14. The second kappa shape index (κ2) is 7.41. The molecule has 0 saturated heterocycles. The zero-order chi connectivity index (χ0) is 14.4. The number of nitrogens with one attached hydrogen (secondary N) is 1. The van der Waals surface area contributed by atoms with Gasteiger partial charge in [-0.05, 0) is 30.7 Å². The van der Waals surface area contributed by atoms with Crippen LogP contribution in [0.2, 0.25) is 5.02 Å². The minimum absolute atomic E-state index is 0.233. The monoisotopic (exact) mass is 292 g/mol. The summed E-state index contributed by atoms with van der Waals surface area (Å²) in [6.07, 6.45) is 3.52. The Morgan fingerprint density at radius 2 is 2.00 bits per heavy atom. The quantitative estimate of drug-likeness (QED) is 0.852. The fraction of sp³-hybridized carbons (Fsp3) is 0.467. The summed E-state index contributed by atoms with van der Waals surface area (Å²) in [5.41, 5.74) is 1.22. The Morgan fingerprint density at radius 1 is 1.25 bits per heavy atom. The van der Waals surface area contributed by atoms with E-state index in [-0.39, 0.29) is 6.04 Å². The van der Waals surface area contributed by atoms with Crippen molar-refractivity contribution >= 4 is 11.6 Å². The molecule has 1 atom stereocenters. The number of hydrogen-bond acceptors (Lipinski definition) is 3. The number of benzene rings is 1. The van der Waals surface area contributed by atoms with E-state index < -0.39 is 0 Å². The van der Waals surface area contributed by atoms with Crippen molar-refractivity contribution in [2.24, 2.45) is 0 Å². The van der Waals surface area contributed by atoms with E-state index in [0.29, 0.717) is 0 Å². The first kappa shape index (κ1) is 15.0. The summed E-state index contributed by atoms with van der Waals surface area (Å²) in [7, 11) is 0. The zero-order valence-corrected chi connectivity index (χ0v) is 12.8. The number of halogens is 1. The minimum atomic E-state index is 0.233. The van der Waals surface area contributed by atoms with Gasteiger partial charge in [0.1, 0.15) is 12.2 Å². The van der Waals surface area contributed by atoms with Gasteiger partial charge in [-0.1, -0.05) is 37.6 Å². The van der Waals surface area contributed by atoms with Crippen molar-refractivity contribution in [1.82, 2.24) is 20.1 Å². The predicted octanol–water partition coefficient (Wildman–Crippen LogP) is 3.23. The molecule has 2 rings (SSSR count). The minimum Gasteiger partial charge on any atom is -0.310 e. The highest BCUT2D eigenvalue weighted by atomic mass is 35.5. The van der Waals surface area contributed by atoms with E-state index >= 15 is 0 Å². The summed E-state index contributed by atoms with van der Waals surface area (Å²) in [6.45, 7) is 6.08. The number of aryl methyl sites for hydroxylation is 1. The van der Waals surface area contributed by atoms with Crippen LogP contribution in [-0.2, 0) is 13.0 Å². The molecule has 2 aromatic rings. The Kier molecular flexibility index (Phi) is 5.56. The van der Waals surface area contributed by atoms with Gasteiger partial charge in [0.05, 0.1) is 0 Å². The van der Waals surface area contributed by atoms with E-state index in [9.17, 15) is 0 Å². The fourth-order valence-electron chi connectivity index (χ4n) is 2.28. The third kappa shape index (κ3) is 3.81. The molecule has 1 aromatic heterocycles. The summed E-state index contributed by atoms with van der Waals surface area (Å²) in [6, 6.07) is 8.22. The van der Waals surface area contributed by atoms with Crippen molar-refractivity contribution in [3.63, 3.8) is 0 Å². The van der Waals surface area contributed by atoms with Crippen molar-refractivity contribution in [3.8, 4) is 0 Å². The van der Waals surface area contributed by atoms with Crippen molar-refractivity contribution in [1.29, 1.82) is 0 Å². The smallest absolute Gasteiger partial charge is 0.138 e. The van der Waals surface area contributed by atoms with E-state index in [1.54, 1.807) is 6.33 Å². The molecule has 20 heavy (non-hydrogen) atoms. The average molecular weight is 293 g/mol. The van der Waals surface area contributed by atoms with E-state index in [4.69, 9.17) is 11.6 Å². The van der Waals surface area contributed by atoms with Crippen LogP contribution in [-0.4, -0.2) is 21.3 Å². The molecular formula is C15H21ClN4. The summed E-state index contributed by atoms with van der Waals surface area (Å²) < 4.78 is 1.99. The molecule has 0 aliphatic rings. The van der Waals surface area contributed by atoms with Crippen LogP contribution < -0.4 is 5.32 Å². The van der Waals surface area contributed by atoms with Crippen LogP contribution in [0.3, 0.4) is 0 Å². The molecule has 0 bridgehead atoms. The Balaban J connectivity index is 2.16. The van der Waals surface area contributed by atoms with Gasteiger partial charge in [-0.2, -0.15) is 5.10 Å². The van der Waals surface area contributed by atoms with Gasteiger partial charge in [0.2, 0.25) is 0 Å². The van der Waals surface area contributed by atoms with Gasteiger partial charge >= 0.3 is 0 Å².